The second kappa shape index (κ2) is 8.36. The molecule has 0 unspecified atom stereocenters. The maximum atomic E-state index is 14.6. The number of rotatable bonds is 6. The lowest BCUT2D eigenvalue weighted by Gasteiger charge is -2.11. The van der Waals surface area contributed by atoms with Gasteiger partial charge in [0.1, 0.15) is 18.1 Å². The minimum Gasteiger partial charge on any atom is -0.475 e. The zero-order valence-corrected chi connectivity index (χ0v) is 18.1. The van der Waals surface area contributed by atoms with Crippen molar-refractivity contribution in [2.24, 2.45) is 0 Å². The summed E-state index contributed by atoms with van der Waals surface area (Å²) in [5.41, 5.74) is 2.65. The maximum absolute atomic E-state index is 14.6. The van der Waals surface area contributed by atoms with Gasteiger partial charge in [0.2, 0.25) is 11.8 Å². The van der Waals surface area contributed by atoms with Crippen LogP contribution in [0.3, 0.4) is 0 Å². The topological polar surface area (TPSA) is 68.1 Å². The van der Waals surface area contributed by atoms with Gasteiger partial charge in [-0.2, -0.15) is 0 Å². The molecule has 170 valence electrons. The van der Waals surface area contributed by atoms with Crippen molar-refractivity contribution < 1.29 is 17.9 Å². The normalized spacial score (nSPS) is 12.9. The van der Waals surface area contributed by atoms with E-state index in [1.165, 1.54) is 0 Å². The van der Waals surface area contributed by atoms with Gasteiger partial charge in [0, 0.05) is 36.8 Å². The standard InChI is InChI=1S/C23H21F3N6O/c1-31(2)7-8-33-20-12-28-18-4-3-13(9-19(18)29-20)22-21(30-23-27-5-6-32(22)23)14-10-16(25)17(26)11-15(14)24/h3-4,9-12H,5-8H2,1-2H3,(H,27,30). The van der Waals surface area contributed by atoms with Crippen LogP contribution in [0.2, 0.25) is 0 Å². The first-order valence-corrected chi connectivity index (χ1v) is 10.4. The van der Waals surface area contributed by atoms with Crippen LogP contribution in [0.5, 0.6) is 5.88 Å². The number of nitrogens with zero attached hydrogens (tertiary/aromatic N) is 5. The second-order valence-electron chi connectivity index (χ2n) is 8.02. The fraction of sp³-hybridized carbons (Fsp3) is 0.261. The Hall–Kier alpha value is -3.66. The quantitative estimate of drug-likeness (QED) is 0.445. The number of anilines is 1. The summed E-state index contributed by atoms with van der Waals surface area (Å²) in [4.78, 5) is 15.4. The SMILES string of the molecule is CN(C)CCOc1cnc2ccc(-c3c(-c4cc(F)c(F)cc4F)nc4n3CCN4)cc2n1. The van der Waals surface area contributed by atoms with Crippen LogP contribution in [0.25, 0.3) is 33.5 Å². The molecule has 0 fully saturated rings. The average Bonchev–Trinajstić information content (AvgIpc) is 3.37. The van der Waals surface area contributed by atoms with E-state index in [9.17, 15) is 13.2 Å². The predicted octanol–water partition coefficient (Wildman–Crippen LogP) is 3.94. The van der Waals surface area contributed by atoms with Crippen LogP contribution >= 0.6 is 0 Å². The lowest BCUT2D eigenvalue weighted by Crippen LogP contribution is -2.19. The van der Waals surface area contributed by atoms with E-state index in [2.05, 4.69) is 20.3 Å². The molecule has 1 aliphatic rings. The highest BCUT2D eigenvalue weighted by molar-refractivity contribution is 5.87. The fourth-order valence-corrected chi connectivity index (χ4v) is 3.81. The fourth-order valence-electron chi connectivity index (χ4n) is 3.81. The number of benzene rings is 2. The summed E-state index contributed by atoms with van der Waals surface area (Å²) in [5, 5.41) is 3.13. The van der Waals surface area contributed by atoms with E-state index in [4.69, 9.17) is 4.74 Å². The van der Waals surface area contributed by atoms with E-state index < -0.39 is 17.5 Å². The maximum Gasteiger partial charge on any atom is 0.232 e. The molecule has 7 nitrogen and oxygen atoms in total. The molecule has 1 aliphatic heterocycles. The van der Waals surface area contributed by atoms with Crippen molar-refractivity contribution in [1.82, 2.24) is 24.4 Å². The van der Waals surface area contributed by atoms with Gasteiger partial charge in [-0.25, -0.2) is 28.1 Å². The molecule has 3 heterocycles. The molecule has 0 aliphatic carbocycles. The first kappa shape index (κ1) is 21.2. The number of hydrogen-bond donors (Lipinski definition) is 1. The molecule has 2 aromatic carbocycles. The smallest absolute Gasteiger partial charge is 0.232 e. The van der Waals surface area contributed by atoms with Gasteiger partial charge in [-0.05, 0) is 32.3 Å². The minimum absolute atomic E-state index is 0.112. The molecule has 0 radical (unpaired) electrons. The third kappa shape index (κ3) is 3.97. The molecule has 0 bridgehead atoms. The average molecular weight is 454 g/mol. The Kier molecular flexibility index (Phi) is 5.37. The van der Waals surface area contributed by atoms with Crippen molar-refractivity contribution in [1.29, 1.82) is 0 Å². The van der Waals surface area contributed by atoms with Crippen molar-refractivity contribution in [2.75, 3.05) is 39.1 Å². The molecule has 10 heteroatoms. The Bertz CT molecular complexity index is 1350. The van der Waals surface area contributed by atoms with E-state index in [0.717, 1.165) is 12.6 Å². The van der Waals surface area contributed by atoms with Gasteiger partial charge < -0.3 is 19.5 Å². The Morgan fingerprint density at radius 2 is 1.85 bits per heavy atom. The van der Waals surface area contributed by atoms with E-state index in [0.29, 0.717) is 59.9 Å². The van der Waals surface area contributed by atoms with Crippen molar-refractivity contribution in [3.63, 3.8) is 0 Å². The summed E-state index contributed by atoms with van der Waals surface area (Å²) in [7, 11) is 3.90. The number of halogens is 3. The third-order valence-electron chi connectivity index (χ3n) is 5.43. The van der Waals surface area contributed by atoms with Crippen LogP contribution in [0.4, 0.5) is 19.1 Å². The third-order valence-corrected chi connectivity index (χ3v) is 5.43. The number of nitrogens with one attached hydrogen (secondary N) is 1. The summed E-state index contributed by atoms with van der Waals surface area (Å²) < 4.78 is 49.7. The van der Waals surface area contributed by atoms with Gasteiger partial charge in [0.05, 0.1) is 22.9 Å². The van der Waals surface area contributed by atoms with Crippen LogP contribution in [0.15, 0.2) is 36.5 Å². The lowest BCUT2D eigenvalue weighted by atomic mass is 10.0. The van der Waals surface area contributed by atoms with Crippen LogP contribution in [-0.2, 0) is 6.54 Å². The van der Waals surface area contributed by atoms with E-state index in [1.807, 2.05) is 35.7 Å². The van der Waals surface area contributed by atoms with Gasteiger partial charge >= 0.3 is 0 Å². The van der Waals surface area contributed by atoms with E-state index in [1.54, 1.807) is 12.3 Å². The number of imidazole rings is 1. The van der Waals surface area contributed by atoms with Gasteiger partial charge in [-0.15, -0.1) is 0 Å². The van der Waals surface area contributed by atoms with Gasteiger partial charge in [0.15, 0.2) is 11.6 Å². The summed E-state index contributed by atoms with van der Waals surface area (Å²) in [5.74, 6) is -2.33. The molecular formula is C23H21F3N6O. The largest absolute Gasteiger partial charge is 0.475 e. The number of ether oxygens (including phenoxy) is 1. The van der Waals surface area contributed by atoms with Gasteiger partial charge in [-0.1, -0.05) is 6.07 Å². The highest BCUT2D eigenvalue weighted by atomic mass is 19.2. The number of hydrogen-bond acceptors (Lipinski definition) is 6. The summed E-state index contributed by atoms with van der Waals surface area (Å²) in [6.07, 6.45) is 1.57. The lowest BCUT2D eigenvalue weighted by molar-refractivity contribution is 0.254. The van der Waals surface area contributed by atoms with E-state index in [-0.39, 0.29) is 11.3 Å². The molecule has 1 N–H and O–H groups in total. The van der Waals surface area contributed by atoms with Crippen molar-refractivity contribution >= 4 is 17.0 Å². The molecular weight excluding hydrogens is 433 g/mol. The van der Waals surface area contributed by atoms with Crippen LogP contribution in [-0.4, -0.2) is 58.2 Å². The van der Waals surface area contributed by atoms with Crippen LogP contribution < -0.4 is 10.1 Å². The summed E-state index contributed by atoms with van der Waals surface area (Å²) in [6, 6.07) is 6.81. The first-order chi connectivity index (χ1) is 15.9. The van der Waals surface area contributed by atoms with Crippen molar-refractivity contribution in [3.05, 3.63) is 54.0 Å². The molecule has 0 atom stereocenters. The summed E-state index contributed by atoms with van der Waals surface area (Å²) in [6.45, 7) is 2.46. The molecule has 0 saturated heterocycles. The van der Waals surface area contributed by atoms with Crippen LogP contribution in [0.1, 0.15) is 0 Å². The molecule has 0 saturated carbocycles. The molecule has 0 spiro atoms. The zero-order valence-electron chi connectivity index (χ0n) is 18.1. The zero-order chi connectivity index (χ0) is 23.1. The monoisotopic (exact) mass is 454 g/mol. The molecule has 5 rings (SSSR count). The Morgan fingerprint density at radius 3 is 2.67 bits per heavy atom. The minimum atomic E-state index is -1.24. The molecule has 0 amide bonds. The van der Waals surface area contributed by atoms with Crippen molar-refractivity contribution in [3.8, 4) is 28.4 Å². The molecule has 2 aromatic heterocycles. The highest BCUT2D eigenvalue weighted by Crippen LogP contribution is 2.38. The highest BCUT2D eigenvalue weighted by Gasteiger charge is 2.26. The Labute approximate surface area is 187 Å². The van der Waals surface area contributed by atoms with Crippen LogP contribution in [0, 0.1) is 17.5 Å². The Morgan fingerprint density at radius 1 is 1.03 bits per heavy atom. The van der Waals surface area contributed by atoms with Gasteiger partial charge in [0.25, 0.3) is 0 Å². The second-order valence-corrected chi connectivity index (χ2v) is 8.02. The van der Waals surface area contributed by atoms with Crippen molar-refractivity contribution in [2.45, 2.75) is 6.54 Å². The number of fused-ring (bicyclic) bond motifs is 2. The molecule has 33 heavy (non-hydrogen) atoms. The molecule has 4 aromatic rings. The number of likely N-dealkylation sites (N-methyl/N-ethyl adjacent to an activating group) is 1. The van der Waals surface area contributed by atoms with E-state index >= 15 is 0 Å². The Balaban J connectivity index is 1.60. The predicted molar refractivity (Wildman–Crippen MR) is 119 cm³/mol. The first-order valence-electron chi connectivity index (χ1n) is 10.4. The number of aromatic nitrogens is 4. The summed E-state index contributed by atoms with van der Waals surface area (Å²) >= 11 is 0. The van der Waals surface area contributed by atoms with Gasteiger partial charge in [-0.3, -0.25) is 0 Å².